The molecule has 0 heterocycles. The molecule has 0 nitrogen and oxygen atoms in total. The van der Waals surface area contributed by atoms with Crippen molar-refractivity contribution in [2.45, 2.75) is 13.1 Å². The van der Waals surface area contributed by atoms with Gasteiger partial charge in [0, 0.05) is 0 Å². The van der Waals surface area contributed by atoms with E-state index >= 15 is 0 Å². The third kappa shape index (κ3) is 5.52. The summed E-state index contributed by atoms with van der Waals surface area (Å²) >= 11 is 0. The highest BCUT2D eigenvalue weighted by Crippen LogP contribution is 1.71. The molecule has 0 fully saturated rings. The predicted octanol–water partition coefficient (Wildman–Crippen LogP) is 1.47. The summed E-state index contributed by atoms with van der Waals surface area (Å²) in [5.74, 6) is 2.81. The van der Waals surface area contributed by atoms with Gasteiger partial charge in [-0.2, -0.15) is 0 Å². The molecule has 0 atom stereocenters. The zero-order valence-electron chi connectivity index (χ0n) is 4.78. The monoisotopic (exact) mass is 109 g/mol. The van der Waals surface area contributed by atoms with E-state index in [1.165, 1.54) is 0 Å². The van der Waals surface area contributed by atoms with Crippen molar-refractivity contribution in [2.24, 2.45) is 0 Å². The zero-order chi connectivity index (χ0) is 5.70. The highest BCUT2D eigenvalue weighted by Gasteiger charge is 1.81. The van der Waals surface area contributed by atoms with Crippen molar-refractivity contribution >= 4 is 8.80 Å². The van der Waals surface area contributed by atoms with Crippen LogP contribution >= 0.6 is 0 Å². The molecule has 1 radical (unpaired) electrons. The summed E-state index contributed by atoms with van der Waals surface area (Å²) in [6, 6.07) is 0. The highest BCUT2D eigenvalue weighted by atomic mass is 28.3. The van der Waals surface area contributed by atoms with Crippen molar-refractivity contribution in [3.63, 3.8) is 0 Å². The van der Waals surface area contributed by atoms with Gasteiger partial charge < -0.3 is 0 Å². The summed E-state index contributed by atoms with van der Waals surface area (Å²) in [6.45, 7) is 7.78. The molecule has 0 bridgehead atoms. The van der Waals surface area contributed by atoms with Crippen LogP contribution in [0.25, 0.3) is 0 Å². The van der Waals surface area contributed by atoms with Crippen molar-refractivity contribution in [3.8, 4) is 11.5 Å². The lowest BCUT2D eigenvalue weighted by atomic mass is 10.7. The number of allylic oxidation sites excluding steroid dienone is 1. The van der Waals surface area contributed by atoms with Crippen LogP contribution in [-0.2, 0) is 0 Å². The fraction of sp³-hybridized carbons (Fsp3) is 0.333. The highest BCUT2D eigenvalue weighted by molar-refractivity contribution is 6.64. The summed E-state index contributed by atoms with van der Waals surface area (Å²) in [5, 5.41) is 0. The summed E-state index contributed by atoms with van der Waals surface area (Å²) in [6.07, 6.45) is 1.64. The Bertz CT molecular complexity index is 103. The molecule has 0 aromatic rings. The third-order valence-corrected chi connectivity index (χ3v) is 1.07. The Hall–Kier alpha value is -0.483. The molecular formula is C6H9Si. The van der Waals surface area contributed by atoms with E-state index in [0.29, 0.717) is 0 Å². The summed E-state index contributed by atoms with van der Waals surface area (Å²) in [4.78, 5) is 0. The molecule has 0 aliphatic heterocycles. The second kappa shape index (κ2) is 3.70. The van der Waals surface area contributed by atoms with Gasteiger partial charge in [0.15, 0.2) is 0 Å². The lowest BCUT2D eigenvalue weighted by molar-refractivity contribution is 2.04. The molecule has 0 aliphatic rings. The van der Waals surface area contributed by atoms with E-state index in [1.54, 1.807) is 6.08 Å². The van der Waals surface area contributed by atoms with Gasteiger partial charge in [-0.05, 0) is 6.08 Å². The van der Waals surface area contributed by atoms with Crippen molar-refractivity contribution in [1.82, 2.24) is 0 Å². The first-order valence-corrected chi connectivity index (χ1v) is 4.70. The first-order valence-electron chi connectivity index (χ1n) is 2.20. The molecule has 0 saturated heterocycles. The van der Waals surface area contributed by atoms with Crippen LogP contribution in [0.5, 0.6) is 0 Å². The minimum Gasteiger partial charge on any atom is -0.129 e. The molecule has 0 rings (SSSR count). The Kier molecular flexibility index (Phi) is 3.44. The van der Waals surface area contributed by atoms with Crippen LogP contribution in [0.3, 0.4) is 0 Å². The van der Waals surface area contributed by atoms with E-state index in [1.807, 2.05) is 0 Å². The van der Waals surface area contributed by atoms with E-state index in [0.717, 1.165) is 0 Å². The predicted molar refractivity (Wildman–Crippen MR) is 35.5 cm³/mol. The molecule has 0 aliphatic carbocycles. The molecule has 0 unspecified atom stereocenters. The quantitative estimate of drug-likeness (QED) is 0.326. The van der Waals surface area contributed by atoms with Gasteiger partial charge in [-0.15, -0.1) is 5.54 Å². The SMILES string of the molecule is C=CC#C[Si](C)C. The first-order chi connectivity index (χ1) is 3.27. The lowest BCUT2D eigenvalue weighted by Crippen LogP contribution is -1.92. The van der Waals surface area contributed by atoms with Gasteiger partial charge >= 0.3 is 0 Å². The van der Waals surface area contributed by atoms with Crippen molar-refractivity contribution in [3.05, 3.63) is 12.7 Å². The van der Waals surface area contributed by atoms with Crippen LogP contribution < -0.4 is 0 Å². The molecule has 7 heavy (non-hydrogen) atoms. The largest absolute Gasteiger partial charge is 0.138 e. The minimum atomic E-state index is -0.330. The molecule has 0 saturated carbocycles. The maximum Gasteiger partial charge on any atom is 0.138 e. The topological polar surface area (TPSA) is 0 Å². The molecule has 0 amide bonds. The van der Waals surface area contributed by atoms with Crippen LogP contribution in [0, 0.1) is 11.5 Å². The van der Waals surface area contributed by atoms with E-state index in [2.05, 4.69) is 31.1 Å². The Morgan fingerprint density at radius 3 is 2.29 bits per heavy atom. The standard InChI is InChI=1S/C6H9Si/c1-4-5-6-7(2)3/h4H,1H2,2-3H3. The number of rotatable bonds is 0. The molecule has 37 valence electrons. The normalized spacial score (nSPS) is 7.29. The lowest BCUT2D eigenvalue weighted by Gasteiger charge is -1.78. The number of hydrogen-bond donors (Lipinski definition) is 0. The van der Waals surface area contributed by atoms with Crippen LogP contribution in [0.15, 0.2) is 12.7 Å². The average Bonchev–Trinajstić information content (AvgIpc) is 1.61. The Morgan fingerprint density at radius 2 is 2.14 bits per heavy atom. The fourth-order valence-corrected chi connectivity index (χ4v) is 0.586. The Labute approximate surface area is 46.9 Å². The summed E-state index contributed by atoms with van der Waals surface area (Å²) in [5.41, 5.74) is 3.03. The van der Waals surface area contributed by atoms with Crippen LogP contribution in [0.4, 0.5) is 0 Å². The van der Waals surface area contributed by atoms with Gasteiger partial charge in [-0.1, -0.05) is 25.6 Å². The molecule has 1 heteroatoms. The van der Waals surface area contributed by atoms with Crippen molar-refractivity contribution < 1.29 is 0 Å². The van der Waals surface area contributed by atoms with Gasteiger partial charge in [0.25, 0.3) is 0 Å². The minimum absolute atomic E-state index is 0.330. The number of hydrogen-bond acceptors (Lipinski definition) is 0. The van der Waals surface area contributed by atoms with E-state index in [4.69, 9.17) is 0 Å². The summed E-state index contributed by atoms with van der Waals surface area (Å²) in [7, 11) is -0.330. The van der Waals surface area contributed by atoms with E-state index < -0.39 is 0 Å². The van der Waals surface area contributed by atoms with Crippen LogP contribution in [0.2, 0.25) is 13.1 Å². The van der Waals surface area contributed by atoms with Crippen LogP contribution in [-0.4, -0.2) is 8.80 Å². The molecular weight excluding hydrogens is 100 g/mol. The first kappa shape index (κ1) is 6.52. The molecule has 0 N–H and O–H groups in total. The smallest absolute Gasteiger partial charge is 0.129 e. The van der Waals surface area contributed by atoms with Crippen molar-refractivity contribution in [2.75, 3.05) is 0 Å². The second-order valence-corrected chi connectivity index (χ2v) is 3.72. The van der Waals surface area contributed by atoms with Gasteiger partial charge in [-0.25, -0.2) is 0 Å². The molecule has 0 aromatic heterocycles. The Balaban J connectivity index is 3.43. The van der Waals surface area contributed by atoms with Gasteiger partial charge in [0.1, 0.15) is 8.80 Å². The Morgan fingerprint density at radius 1 is 1.57 bits per heavy atom. The van der Waals surface area contributed by atoms with E-state index in [-0.39, 0.29) is 8.80 Å². The van der Waals surface area contributed by atoms with E-state index in [9.17, 15) is 0 Å². The average molecular weight is 109 g/mol. The maximum atomic E-state index is 3.48. The molecule has 0 aromatic carbocycles. The van der Waals surface area contributed by atoms with Crippen LogP contribution in [0.1, 0.15) is 0 Å². The van der Waals surface area contributed by atoms with Gasteiger partial charge in [-0.3, -0.25) is 0 Å². The zero-order valence-corrected chi connectivity index (χ0v) is 5.78. The third-order valence-electron chi connectivity index (χ3n) is 0.424. The van der Waals surface area contributed by atoms with Gasteiger partial charge in [0.2, 0.25) is 0 Å². The fourth-order valence-electron chi connectivity index (χ4n) is 0.195. The second-order valence-electron chi connectivity index (χ2n) is 1.47. The van der Waals surface area contributed by atoms with Crippen molar-refractivity contribution in [1.29, 1.82) is 0 Å². The maximum absolute atomic E-state index is 3.48. The summed E-state index contributed by atoms with van der Waals surface area (Å²) < 4.78 is 0. The molecule has 0 spiro atoms. The van der Waals surface area contributed by atoms with Gasteiger partial charge in [0.05, 0.1) is 0 Å².